The average Bonchev–Trinajstić information content (AvgIpc) is 2.33. The zero-order valence-electron chi connectivity index (χ0n) is 9.66. The summed E-state index contributed by atoms with van der Waals surface area (Å²) in [7, 11) is 0. The van der Waals surface area contributed by atoms with Crippen molar-refractivity contribution in [2.75, 3.05) is 0 Å². The van der Waals surface area contributed by atoms with Crippen LogP contribution in [0.2, 0.25) is 0 Å². The van der Waals surface area contributed by atoms with Crippen LogP contribution in [0, 0.1) is 6.92 Å². The van der Waals surface area contributed by atoms with E-state index in [1.54, 1.807) is 36.7 Å². The molecule has 0 aliphatic rings. The van der Waals surface area contributed by atoms with Crippen LogP contribution >= 0.6 is 12.4 Å². The number of carbonyl (C=O) groups is 1. The normalized spacial score (nSPS) is 9.39. The number of rotatable bonds is 3. The average molecular weight is 266 g/mol. The summed E-state index contributed by atoms with van der Waals surface area (Å²) >= 11 is 0. The van der Waals surface area contributed by atoms with E-state index < -0.39 is 5.97 Å². The lowest BCUT2D eigenvalue weighted by Crippen LogP contribution is -1.97. The Labute approximate surface area is 111 Å². The molecule has 0 atom stereocenters. The minimum Gasteiger partial charge on any atom is -0.478 e. The maximum absolute atomic E-state index is 10.9. The predicted octanol–water partition coefficient (Wildman–Crippen LogP) is 3.30. The van der Waals surface area contributed by atoms with Gasteiger partial charge in [-0.25, -0.2) is 4.79 Å². The van der Waals surface area contributed by atoms with Crippen LogP contribution in [0.5, 0.6) is 11.5 Å². The van der Waals surface area contributed by atoms with Crippen molar-refractivity contribution in [3.05, 3.63) is 53.9 Å². The molecule has 2 aromatic rings. The van der Waals surface area contributed by atoms with Gasteiger partial charge in [-0.15, -0.1) is 12.4 Å². The van der Waals surface area contributed by atoms with E-state index >= 15 is 0 Å². The molecule has 0 amide bonds. The van der Waals surface area contributed by atoms with E-state index in [1.165, 1.54) is 6.07 Å². The van der Waals surface area contributed by atoms with Gasteiger partial charge in [-0.2, -0.15) is 0 Å². The molecule has 1 N–H and O–H groups in total. The molecule has 0 fully saturated rings. The van der Waals surface area contributed by atoms with Crippen LogP contribution in [-0.4, -0.2) is 16.1 Å². The van der Waals surface area contributed by atoms with Crippen molar-refractivity contribution in [2.24, 2.45) is 0 Å². The van der Waals surface area contributed by atoms with Crippen molar-refractivity contribution in [2.45, 2.75) is 6.92 Å². The van der Waals surface area contributed by atoms with Crippen molar-refractivity contribution in [1.82, 2.24) is 4.98 Å². The van der Waals surface area contributed by atoms with Crippen molar-refractivity contribution in [3.8, 4) is 11.5 Å². The second-order valence-corrected chi connectivity index (χ2v) is 3.57. The van der Waals surface area contributed by atoms with Crippen molar-refractivity contribution < 1.29 is 14.6 Å². The summed E-state index contributed by atoms with van der Waals surface area (Å²) in [5.41, 5.74) is 1.09. The predicted molar refractivity (Wildman–Crippen MR) is 69.7 cm³/mol. The standard InChI is InChI=1S/C13H11NO3.ClH/c1-9-2-3-10(13(15)16)8-12(9)17-11-4-6-14-7-5-11;/h2-8H,1H3,(H,15,16);1H. The highest BCUT2D eigenvalue weighted by Gasteiger charge is 2.07. The summed E-state index contributed by atoms with van der Waals surface area (Å²) in [4.78, 5) is 14.7. The van der Waals surface area contributed by atoms with E-state index in [0.717, 1.165) is 5.56 Å². The fraction of sp³-hybridized carbons (Fsp3) is 0.0769. The number of carboxylic acids is 1. The maximum atomic E-state index is 10.9. The molecule has 18 heavy (non-hydrogen) atoms. The maximum Gasteiger partial charge on any atom is 0.335 e. The van der Waals surface area contributed by atoms with Crippen LogP contribution < -0.4 is 4.74 Å². The molecule has 0 aliphatic carbocycles. The Bertz CT molecular complexity index is 543. The van der Waals surface area contributed by atoms with E-state index in [1.807, 2.05) is 6.92 Å². The van der Waals surface area contributed by atoms with Gasteiger partial charge in [-0.05, 0) is 36.8 Å². The first kappa shape index (κ1) is 14.0. The van der Waals surface area contributed by atoms with Gasteiger partial charge in [0.15, 0.2) is 0 Å². The molecular formula is C13H12ClNO3. The number of nitrogens with zero attached hydrogens (tertiary/aromatic N) is 1. The summed E-state index contributed by atoms with van der Waals surface area (Å²) in [6.45, 7) is 1.86. The molecule has 0 saturated heterocycles. The van der Waals surface area contributed by atoms with Crippen LogP contribution in [0.4, 0.5) is 0 Å². The molecule has 0 bridgehead atoms. The Morgan fingerprint density at radius 3 is 2.50 bits per heavy atom. The van der Waals surface area contributed by atoms with Gasteiger partial charge in [0.2, 0.25) is 0 Å². The minimum atomic E-state index is -0.968. The van der Waals surface area contributed by atoms with Gasteiger partial charge in [-0.1, -0.05) is 6.07 Å². The van der Waals surface area contributed by atoms with Gasteiger partial charge in [0, 0.05) is 12.4 Å². The summed E-state index contributed by atoms with van der Waals surface area (Å²) in [5, 5.41) is 8.90. The SMILES string of the molecule is Cc1ccc(C(=O)O)cc1Oc1ccncc1.Cl. The number of hydrogen-bond acceptors (Lipinski definition) is 3. The van der Waals surface area contributed by atoms with Crippen molar-refractivity contribution >= 4 is 18.4 Å². The van der Waals surface area contributed by atoms with Crippen LogP contribution in [0.3, 0.4) is 0 Å². The van der Waals surface area contributed by atoms with E-state index in [0.29, 0.717) is 11.5 Å². The second-order valence-electron chi connectivity index (χ2n) is 3.57. The molecule has 0 saturated carbocycles. The molecule has 0 aliphatic heterocycles. The lowest BCUT2D eigenvalue weighted by atomic mass is 10.1. The largest absolute Gasteiger partial charge is 0.478 e. The number of halogens is 1. The number of hydrogen-bond donors (Lipinski definition) is 1. The third kappa shape index (κ3) is 3.21. The van der Waals surface area contributed by atoms with Crippen LogP contribution in [0.15, 0.2) is 42.7 Å². The first-order chi connectivity index (χ1) is 8.16. The van der Waals surface area contributed by atoms with Crippen molar-refractivity contribution in [1.29, 1.82) is 0 Å². The second kappa shape index (κ2) is 6.02. The highest BCUT2D eigenvalue weighted by molar-refractivity contribution is 5.88. The van der Waals surface area contributed by atoms with Crippen LogP contribution in [-0.2, 0) is 0 Å². The number of carboxylic acid groups (broad SMARTS) is 1. The highest BCUT2D eigenvalue weighted by Crippen LogP contribution is 2.25. The topological polar surface area (TPSA) is 59.4 Å². The number of aromatic carboxylic acids is 1. The number of aromatic nitrogens is 1. The lowest BCUT2D eigenvalue weighted by Gasteiger charge is -2.08. The molecule has 0 unspecified atom stereocenters. The summed E-state index contributed by atoms with van der Waals surface area (Å²) < 4.78 is 5.60. The van der Waals surface area contributed by atoms with Gasteiger partial charge >= 0.3 is 5.97 Å². The van der Waals surface area contributed by atoms with Crippen LogP contribution in [0.1, 0.15) is 15.9 Å². The Morgan fingerprint density at radius 1 is 1.22 bits per heavy atom. The molecule has 94 valence electrons. The van der Waals surface area contributed by atoms with Gasteiger partial charge < -0.3 is 9.84 Å². The Hall–Kier alpha value is -2.07. The third-order valence-electron chi connectivity index (χ3n) is 2.31. The Morgan fingerprint density at radius 2 is 1.89 bits per heavy atom. The number of aryl methyl sites for hydroxylation is 1. The van der Waals surface area contributed by atoms with Gasteiger partial charge in [0.1, 0.15) is 11.5 Å². The summed E-state index contributed by atoms with van der Waals surface area (Å²) in [5.74, 6) is 0.200. The molecular weight excluding hydrogens is 254 g/mol. The fourth-order valence-corrected chi connectivity index (χ4v) is 1.38. The molecule has 1 aromatic carbocycles. The molecule has 0 spiro atoms. The molecule has 5 heteroatoms. The molecule has 0 radical (unpaired) electrons. The number of pyridine rings is 1. The fourth-order valence-electron chi connectivity index (χ4n) is 1.38. The smallest absolute Gasteiger partial charge is 0.335 e. The molecule has 1 aromatic heterocycles. The quantitative estimate of drug-likeness (QED) is 0.925. The number of benzene rings is 1. The van der Waals surface area contributed by atoms with Crippen molar-refractivity contribution in [3.63, 3.8) is 0 Å². The minimum absolute atomic E-state index is 0. The molecule has 1 heterocycles. The van der Waals surface area contributed by atoms with E-state index in [-0.39, 0.29) is 18.0 Å². The third-order valence-corrected chi connectivity index (χ3v) is 2.31. The first-order valence-corrected chi connectivity index (χ1v) is 5.08. The lowest BCUT2D eigenvalue weighted by molar-refractivity contribution is 0.0696. The Balaban J connectivity index is 0.00000162. The highest BCUT2D eigenvalue weighted by atomic mass is 35.5. The monoisotopic (exact) mass is 265 g/mol. The van der Waals surface area contributed by atoms with Gasteiger partial charge in [0.05, 0.1) is 5.56 Å². The zero-order chi connectivity index (χ0) is 12.3. The van der Waals surface area contributed by atoms with E-state index in [2.05, 4.69) is 4.98 Å². The van der Waals surface area contributed by atoms with E-state index in [4.69, 9.17) is 9.84 Å². The summed E-state index contributed by atoms with van der Waals surface area (Å²) in [6.07, 6.45) is 3.23. The van der Waals surface area contributed by atoms with E-state index in [9.17, 15) is 4.79 Å². The molecule has 2 rings (SSSR count). The summed E-state index contributed by atoms with van der Waals surface area (Å²) in [6, 6.07) is 8.22. The zero-order valence-corrected chi connectivity index (χ0v) is 10.5. The first-order valence-electron chi connectivity index (χ1n) is 5.08. The Kier molecular flexibility index (Phi) is 4.68. The molecule has 4 nitrogen and oxygen atoms in total. The number of ether oxygens (including phenoxy) is 1. The van der Waals surface area contributed by atoms with Gasteiger partial charge in [-0.3, -0.25) is 4.98 Å². The van der Waals surface area contributed by atoms with Crippen LogP contribution in [0.25, 0.3) is 0 Å². The van der Waals surface area contributed by atoms with Gasteiger partial charge in [0.25, 0.3) is 0 Å².